The highest BCUT2D eigenvalue weighted by Gasteiger charge is 2.41. The zero-order valence-corrected chi connectivity index (χ0v) is 22.5. The number of hydrogen-bond donors (Lipinski definition) is 0. The van der Waals surface area contributed by atoms with Crippen molar-refractivity contribution in [2.24, 2.45) is 0 Å². The third-order valence-electron chi connectivity index (χ3n) is 5.75. The molecular weight excluding hydrogens is 492 g/mol. The first kappa shape index (κ1) is 26.1. The average Bonchev–Trinajstić information content (AvgIpc) is 2.97. The molecule has 1 aliphatic heterocycles. The molecule has 3 aromatic carbocycles. The lowest BCUT2D eigenvalue weighted by Gasteiger charge is -2.28. The summed E-state index contributed by atoms with van der Waals surface area (Å²) in [6.07, 6.45) is -0.958. The normalized spacial score (nSPS) is 17.5. The molecule has 0 aromatic heterocycles. The van der Waals surface area contributed by atoms with Gasteiger partial charge in [0, 0.05) is 34.7 Å². The minimum atomic E-state index is -0.958. The zero-order valence-electron chi connectivity index (χ0n) is 20.8. The number of thioether (sulfide) groups is 1. The summed E-state index contributed by atoms with van der Waals surface area (Å²) in [4.78, 5) is 33.0. The Bertz CT molecular complexity index is 1200. The van der Waals surface area contributed by atoms with Gasteiger partial charge >= 0.3 is 5.97 Å². The first-order valence-electron chi connectivity index (χ1n) is 11.7. The number of carbonyl (C=O) groups is 2. The van der Waals surface area contributed by atoms with E-state index in [0.717, 1.165) is 31.7 Å². The Morgan fingerprint density at radius 1 is 1.03 bits per heavy atom. The second-order valence-corrected chi connectivity index (χ2v) is 11.0. The highest BCUT2D eigenvalue weighted by molar-refractivity contribution is 8.00. The fourth-order valence-electron chi connectivity index (χ4n) is 3.96. The molecule has 3 aromatic rings. The van der Waals surface area contributed by atoms with E-state index < -0.39 is 17.3 Å². The van der Waals surface area contributed by atoms with Gasteiger partial charge in [-0.25, -0.2) is 0 Å². The van der Waals surface area contributed by atoms with Crippen molar-refractivity contribution < 1.29 is 19.1 Å². The second kappa shape index (κ2) is 11.9. The molecule has 2 unspecified atom stereocenters. The van der Waals surface area contributed by atoms with Crippen LogP contribution in [0.3, 0.4) is 0 Å². The maximum atomic E-state index is 13.9. The smallest absolute Gasteiger partial charge is 0.303 e. The Balaban J connectivity index is 1.78. The Kier molecular flexibility index (Phi) is 8.61. The van der Waals surface area contributed by atoms with E-state index in [1.165, 1.54) is 6.92 Å². The molecule has 0 saturated heterocycles. The number of rotatable bonds is 8. The number of hydrogen-bond acceptors (Lipinski definition) is 7. The molecule has 0 spiro atoms. The van der Waals surface area contributed by atoms with Gasteiger partial charge in [-0.05, 0) is 62.1 Å². The average molecular weight is 523 g/mol. The van der Waals surface area contributed by atoms with Gasteiger partial charge in [0.05, 0.1) is 18.0 Å². The van der Waals surface area contributed by atoms with E-state index >= 15 is 0 Å². The number of methoxy groups -OCH3 is 1. The Morgan fingerprint density at radius 2 is 1.75 bits per heavy atom. The standard InChI is InChI=1S/C28H30N2O4S2/c1-19(31)34-26-27(20-10-12-21(33-4)13-11-20)36-25-18-23(35-22-8-6-5-7-9-22)14-15-24(25)30(28(26)32)17-16-29(2)3/h5-15,18,26-27H,16-17H2,1-4H3. The van der Waals surface area contributed by atoms with Crippen LogP contribution in [0.25, 0.3) is 0 Å². The maximum Gasteiger partial charge on any atom is 0.303 e. The zero-order chi connectivity index (χ0) is 25.7. The summed E-state index contributed by atoms with van der Waals surface area (Å²) in [7, 11) is 5.56. The molecule has 6 nitrogen and oxygen atoms in total. The monoisotopic (exact) mass is 522 g/mol. The molecule has 0 bridgehead atoms. The first-order valence-corrected chi connectivity index (χ1v) is 13.4. The summed E-state index contributed by atoms with van der Waals surface area (Å²) in [6.45, 7) is 2.51. The summed E-state index contributed by atoms with van der Waals surface area (Å²) in [6, 6.07) is 23.9. The number of carbonyl (C=O) groups excluding carboxylic acids is 2. The number of nitrogens with zero attached hydrogens (tertiary/aromatic N) is 2. The lowest BCUT2D eigenvalue weighted by Crippen LogP contribution is -2.45. The van der Waals surface area contributed by atoms with E-state index in [1.54, 1.807) is 35.5 Å². The van der Waals surface area contributed by atoms with Crippen LogP contribution in [0.15, 0.2) is 87.5 Å². The minimum Gasteiger partial charge on any atom is -0.497 e. The first-order chi connectivity index (χ1) is 17.4. The highest BCUT2D eigenvalue weighted by Crippen LogP contribution is 2.48. The van der Waals surface area contributed by atoms with Crippen LogP contribution in [0.2, 0.25) is 0 Å². The van der Waals surface area contributed by atoms with Crippen LogP contribution < -0.4 is 9.64 Å². The molecule has 188 valence electrons. The molecule has 36 heavy (non-hydrogen) atoms. The number of amides is 1. The summed E-state index contributed by atoms with van der Waals surface area (Å²) < 4.78 is 11.0. The molecule has 4 rings (SSSR count). The van der Waals surface area contributed by atoms with Crippen LogP contribution in [0, 0.1) is 0 Å². The summed E-state index contributed by atoms with van der Waals surface area (Å²) >= 11 is 3.23. The van der Waals surface area contributed by atoms with Crippen molar-refractivity contribution in [2.45, 2.75) is 33.0 Å². The molecule has 2 atom stereocenters. The van der Waals surface area contributed by atoms with Crippen molar-refractivity contribution in [3.8, 4) is 5.75 Å². The fraction of sp³-hybridized carbons (Fsp3) is 0.286. The number of fused-ring (bicyclic) bond motifs is 1. The van der Waals surface area contributed by atoms with Crippen LogP contribution >= 0.6 is 23.5 Å². The SMILES string of the molecule is COc1ccc(C2Sc3cc(Sc4ccccc4)ccc3N(CCN(C)C)C(=O)C2OC(C)=O)cc1. The number of esters is 1. The van der Waals surface area contributed by atoms with Crippen LogP contribution in [-0.2, 0) is 14.3 Å². The molecule has 1 heterocycles. The molecule has 0 saturated carbocycles. The highest BCUT2D eigenvalue weighted by atomic mass is 32.2. The number of ether oxygens (including phenoxy) is 2. The number of likely N-dealkylation sites (N-methyl/N-ethyl adjacent to an activating group) is 1. The van der Waals surface area contributed by atoms with Gasteiger partial charge in [0.2, 0.25) is 0 Å². The summed E-state index contributed by atoms with van der Waals surface area (Å²) in [5, 5.41) is -0.410. The van der Waals surface area contributed by atoms with Gasteiger partial charge in [-0.1, -0.05) is 42.1 Å². The van der Waals surface area contributed by atoms with E-state index in [-0.39, 0.29) is 5.91 Å². The van der Waals surface area contributed by atoms with E-state index in [1.807, 2.05) is 73.6 Å². The van der Waals surface area contributed by atoms with Gasteiger partial charge in [0.25, 0.3) is 5.91 Å². The Morgan fingerprint density at radius 3 is 2.39 bits per heavy atom. The van der Waals surface area contributed by atoms with Crippen molar-refractivity contribution in [3.05, 3.63) is 78.4 Å². The molecule has 8 heteroatoms. The largest absolute Gasteiger partial charge is 0.497 e. The van der Waals surface area contributed by atoms with Crippen molar-refractivity contribution in [1.82, 2.24) is 4.90 Å². The van der Waals surface area contributed by atoms with Crippen LogP contribution in [0.5, 0.6) is 5.75 Å². The van der Waals surface area contributed by atoms with E-state index in [2.05, 4.69) is 18.2 Å². The topological polar surface area (TPSA) is 59.1 Å². The van der Waals surface area contributed by atoms with Gasteiger partial charge in [0.1, 0.15) is 5.75 Å². The van der Waals surface area contributed by atoms with E-state index in [0.29, 0.717) is 13.1 Å². The predicted molar refractivity (Wildman–Crippen MR) is 145 cm³/mol. The minimum absolute atomic E-state index is 0.220. The van der Waals surface area contributed by atoms with E-state index in [4.69, 9.17) is 9.47 Å². The van der Waals surface area contributed by atoms with Gasteiger partial charge in [-0.2, -0.15) is 0 Å². The van der Waals surface area contributed by atoms with Crippen LogP contribution in [0.1, 0.15) is 17.7 Å². The molecule has 1 aliphatic rings. The number of anilines is 1. The molecule has 1 amide bonds. The second-order valence-electron chi connectivity index (χ2n) is 8.68. The molecule has 0 fully saturated rings. The predicted octanol–water partition coefficient (Wildman–Crippen LogP) is 5.52. The van der Waals surface area contributed by atoms with Crippen molar-refractivity contribution in [1.29, 1.82) is 0 Å². The third kappa shape index (κ3) is 6.24. The molecule has 0 radical (unpaired) electrons. The van der Waals surface area contributed by atoms with Crippen LogP contribution in [-0.4, -0.2) is 57.2 Å². The molecular formula is C28H30N2O4S2. The van der Waals surface area contributed by atoms with Gasteiger partial charge in [0.15, 0.2) is 6.10 Å². The molecule has 0 aliphatic carbocycles. The van der Waals surface area contributed by atoms with Crippen molar-refractivity contribution in [2.75, 3.05) is 39.2 Å². The van der Waals surface area contributed by atoms with Gasteiger partial charge in [-0.15, -0.1) is 11.8 Å². The van der Waals surface area contributed by atoms with Crippen molar-refractivity contribution in [3.63, 3.8) is 0 Å². The summed E-state index contributed by atoms with van der Waals surface area (Å²) in [5.74, 6) is 0.0242. The number of benzene rings is 3. The Labute approximate surface area is 221 Å². The fourth-order valence-corrected chi connectivity index (χ4v) is 6.27. The molecule has 0 N–H and O–H groups in total. The van der Waals surface area contributed by atoms with Gasteiger partial charge < -0.3 is 19.3 Å². The van der Waals surface area contributed by atoms with Gasteiger partial charge in [-0.3, -0.25) is 9.59 Å². The van der Waals surface area contributed by atoms with Crippen molar-refractivity contribution >= 4 is 41.1 Å². The quantitative estimate of drug-likeness (QED) is 0.361. The lowest BCUT2D eigenvalue weighted by molar-refractivity contribution is -0.152. The Hall–Kier alpha value is -2.94. The van der Waals surface area contributed by atoms with Crippen LogP contribution in [0.4, 0.5) is 5.69 Å². The third-order valence-corrected chi connectivity index (χ3v) is 8.10. The summed E-state index contributed by atoms with van der Waals surface area (Å²) in [5.41, 5.74) is 1.72. The maximum absolute atomic E-state index is 13.9. The van der Waals surface area contributed by atoms with E-state index in [9.17, 15) is 9.59 Å². The lowest BCUT2D eigenvalue weighted by atomic mass is 10.1.